The molecule has 0 spiro atoms. The van der Waals surface area contributed by atoms with Gasteiger partial charge in [0.2, 0.25) is 0 Å². The van der Waals surface area contributed by atoms with Gasteiger partial charge in [-0.15, -0.1) is 0 Å². The molecule has 0 amide bonds. The average Bonchev–Trinajstić information content (AvgIpc) is 2.35. The Morgan fingerprint density at radius 2 is 2.06 bits per heavy atom. The number of nitro groups is 1. The third-order valence-corrected chi connectivity index (χ3v) is 2.71. The second kappa shape index (κ2) is 6.17. The van der Waals surface area contributed by atoms with E-state index in [9.17, 15) is 10.1 Å². The highest BCUT2D eigenvalue weighted by atomic mass is 16.6. The van der Waals surface area contributed by atoms with Gasteiger partial charge in [-0.3, -0.25) is 20.9 Å². The number of nitrogens with two attached hydrogens (primary N) is 1. The molecule has 0 aliphatic rings. The van der Waals surface area contributed by atoms with Gasteiger partial charge in [0.1, 0.15) is 5.69 Å². The molecule has 0 bridgehead atoms. The Hall–Kier alpha value is -1.66. The van der Waals surface area contributed by atoms with E-state index >= 15 is 0 Å². The third kappa shape index (κ3) is 3.40. The van der Waals surface area contributed by atoms with Crippen molar-refractivity contribution >= 4 is 11.4 Å². The van der Waals surface area contributed by atoms with Gasteiger partial charge in [-0.05, 0) is 24.7 Å². The summed E-state index contributed by atoms with van der Waals surface area (Å²) in [7, 11) is 0. The van der Waals surface area contributed by atoms with Crippen molar-refractivity contribution in [1.82, 2.24) is 4.90 Å². The quantitative estimate of drug-likeness (QED) is 0.448. The summed E-state index contributed by atoms with van der Waals surface area (Å²) < 4.78 is 0. The third-order valence-electron chi connectivity index (χ3n) is 2.71. The first-order chi connectivity index (χ1) is 8.12. The molecule has 0 aliphatic carbocycles. The molecule has 0 unspecified atom stereocenters. The number of anilines is 1. The number of nitrogens with one attached hydrogen (secondary N) is 1. The van der Waals surface area contributed by atoms with Gasteiger partial charge in [-0.1, -0.05) is 19.9 Å². The summed E-state index contributed by atoms with van der Waals surface area (Å²) in [6, 6.07) is 4.96. The molecule has 6 nitrogen and oxygen atoms in total. The van der Waals surface area contributed by atoms with Crippen LogP contribution in [0, 0.1) is 10.1 Å². The fourth-order valence-electron chi connectivity index (χ4n) is 1.66. The Balaban J connectivity index is 2.93. The summed E-state index contributed by atoms with van der Waals surface area (Å²) in [5, 5.41) is 10.7. The zero-order valence-corrected chi connectivity index (χ0v) is 10.1. The summed E-state index contributed by atoms with van der Waals surface area (Å²) in [5.74, 6) is 5.29. The molecule has 1 rings (SSSR count). The number of hydrogen-bond donors (Lipinski definition) is 2. The van der Waals surface area contributed by atoms with E-state index in [0.717, 1.165) is 25.2 Å². The summed E-state index contributed by atoms with van der Waals surface area (Å²) in [5.41, 5.74) is 3.72. The first-order valence-corrected chi connectivity index (χ1v) is 5.58. The molecule has 3 N–H and O–H groups in total. The number of benzene rings is 1. The van der Waals surface area contributed by atoms with Crippen LogP contribution in [-0.2, 0) is 6.54 Å². The van der Waals surface area contributed by atoms with Crippen molar-refractivity contribution in [3.05, 3.63) is 33.9 Å². The second-order valence-corrected chi connectivity index (χ2v) is 3.71. The molecule has 0 radical (unpaired) electrons. The molecule has 0 aliphatic heterocycles. The summed E-state index contributed by atoms with van der Waals surface area (Å²) >= 11 is 0. The van der Waals surface area contributed by atoms with Crippen molar-refractivity contribution in [2.45, 2.75) is 20.4 Å². The van der Waals surface area contributed by atoms with Crippen LogP contribution in [0.3, 0.4) is 0 Å². The lowest BCUT2D eigenvalue weighted by atomic mass is 10.1. The minimum Gasteiger partial charge on any atom is -0.318 e. The summed E-state index contributed by atoms with van der Waals surface area (Å²) in [6.07, 6.45) is 0. The van der Waals surface area contributed by atoms with Crippen LogP contribution in [0.15, 0.2) is 18.2 Å². The van der Waals surface area contributed by atoms with Gasteiger partial charge in [0.15, 0.2) is 0 Å². The van der Waals surface area contributed by atoms with Gasteiger partial charge in [0.25, 0.3) is 5.69 Å². The highest BCUT2D eigenvalue weighted by molar-refractivity contribution is 5.62. The molecule has 0 fully saturated rings. The number of hydrogen-bond acceptors (Lipinski definition) is 5. The van der Waals surface area contributed by atoms with Crippen LogP contribution in [-0.4, -0.2) is 22.9 Å². The Morgan fingerprint density at radius 3 is 2.53 bits per heavy atom. The van der Waals surface area contributed by atoms with Crippen molar-refractivity contribution in [3.8, 4) is 0 Å². The number of hydrazine groups is 1. The van der Waals surface area contributed by atoms with Crippen LogP contribution in [0.5, 0.6) is 0 Å². The number of nitrogen functional groups attached to an aromatic ring is 1. The zero-order valence-electron chi connectivity index (χ0n) is 10.1. The molecule has 94 valence electrons. The van der Waals surface area contributed by atoms with Crippen molar-refractivity contribution < 1.29 is 4.92 Å². The fourth-order valence-corrected chi connectivity index (χ4v) is 1.66. The van der Waals surface area contributed by atoms with E-state index in [4.69, 9.17) is 5.84 Å². The van der Waals surface area contributed by atoms with Gasteiger partial charge >= 0.3 is 0 Å². The Bertz CT molecular complexity index is 391. The Labute approximate surface area is 101 Å². The Kier molecular flexibility index (Phi) is 4.86. The Morgan fingerprint density at radius 1 is 1.41 bits per heavy atom. The van der Waals surface area contributed by atoms with Crippen LogP contribution >= 0.6 is 0 Å². The molecular formula is C11H18N4O2. The van der Waals surface area contributed by atoms with Crippen molar-refractivity contribution in [2.24, 2.45) is 5.84 Å². The van der Waals surface area contributed by atoms with E-state index in [1.807, 2.05) is 0 Å². The topological polar surface area (TPSA) is 84.4 Å². The van der Waals surface area contributed by atoms with Gasteiger partial charge in [-0.2, -0.15) is 0 Å². The minimum absolute atomic E-state index is 0.00389. The van der Waals surface area contributed by atoms with Gasteiger partial charge in [0, 0.05) is 12.6 Å². The number of rotatable bonds is 6. The average molecular weight is 238 g/mol. The van der Waals surface area contributed by atoms with E-state index in [-0.39, 0.29) is 5.69 Å². The highest BCUT2D eigenvalue weighted by Gasteiger charge is 2.13. The van der Waals surface area contributed by atoms with Crippen LogP contribution in [0.2, 0.25) is 0 Å². The molecule has 1 aromatic carbocycles. The lowest BCUT2D eigenvalue weighted by Gasteiger charge is -2.18. The second-order valence-electron chi connectivity index (χ2n) is 3.71. The normalized spacial score (nSPS) is 10.6. The first-order valence-electron chi connectivity index (χ1n) is 5.58. The van der Waals surface area contributed by atoms with Crippen molar-refractivity contribution in [2.75, 3.05) is 18.5 Å². The van der Waals surface area contributed by atoms with Crippen molar-refractivity contribution in [3.63, 3.8) is 0 Å². The summed E-state index contributed by atoms with van der Waals surface area (Å²) in [4.78, 5) is 12.5. The number of nitrogens with zero attached hydrogens (tertiary/aromatic N) is 2. The molecule has 6 heteroatoms. The highest BCUT2D eigenvalue weighted by Crippen LogP contribution is 2.24. The van der Waals surface area contributed by atoms with Crippen LogP contribution < -0.4 is 11.3 Å². The molecule has 0 aromatic heterocycles. The number of nitro benzene ring substituents is 1. The SMILES string of the molecule is CCN(CC)Cc1ccc([N+](=O)[O-])c(NN)c1. The van der Waals surface area contributed by atoms with E-state index in [2.05, 4.69) is 24.2 Å². The molecule has 17 heavy (non-hydrogen) atoms. The monoisotopic (exact) mass is 238 g/mol. The minimum atomic E-state index is -0.448. The van der Waals surface area contributed by atoms with Gasteiger partial charge in [-0.25, -0.2) is 0 Å². The van der Waals surface area contributed by atoms with Gasteiger partial charge in [0.05, 0.1) is 4.92 Å². The first kappa shape index (κ1) is 13.4. The van der Waals surface area contributed by atoms with Crippen LogP contribution in [0.4, 0.5) is 11.4 Å². The van der Waals surface area contributed by atoms with Crippen LogP contribution in [0.1, 0.15) is 19.4 Å². The zero-order chi connectivity index (χ0) is 12.8. The molecule has 0 saturated heterocycles. The smallest absolute Gasteiger partial charge is 0.293 e. The van der Waals surface area contributed by atoms with E-state index in [1.54, 1.807) is 12.1 Å². The van der Waals surface area contributed by atoms with E-state index < -0.39 is 4.92 Å². The van der Waals surface area contributed by atoms with Crippen molar-refractivity contribution in [1.29, 1.82) is 0 Å². The van der Waals surface area contributed by atoms with Crippen LogP contribution in [0.25, 0.3) is 0 Å². The lowest BCUT2D eigenvalue weighted by Crippen LogP contribution is -2.22. The summed E-state index contributed by atoms with van der Waals surface area (Å²) in [6.45, 7) is 6.81. The maximum Gasteiger partial charge on any atom is 0.293 e. The molecular weight excluding hydrogens is 220 g/mol. The molecule has 1 aromatic rings. The molecule has 0 saturated carbocycles. The standard InChI is InChI=1S/C11H18N4O2/c1-3-14(4-2)8-9-5-6-11(15(16)17)10(7-9)13-12/h5-7,13H,3-4,8,12H2,1-2H3. The lowest BCUT2D eigenvalue weighted by molar-refractivity contribution is -0.384. The fraction of sp³-hybridized carbons (Fsp3) is 0.455. The van der Waals surface area contributed by atoms with E-state index in [0.29, 0.717) is 5.69 Å². The maximum atomic E-state index is 10.7. The molecule has 0 atom stereocenters. The maximum absolute atomic E-state index is 10.7. The molecule has 0 heterocycles. The van der Waals surface area contributed by atoms with E-state index in [1.165, 1.54) is 6.07 Å². The largest absolute Gasteiger partial charge is 0.318 e. The predicted octanol–water partition coefficient (Wildman–Crippen LogP) is 1.72. The van der Waals surface area contributed by atoms with Gasteiger partial charge < -0.3 is 5.43 Å². The predicted molar refractivity (Wildman–Crippen MR) is 67.5 cm³/mol.